The van der Waals surface area contributed by atoms with Crippen molar-refractivity contribution >= 4 is 0 Å². The summed E-state index contributed by atoms with van der Waals surface area (Å²) >= 11 is 0. The maximum Gasteiger partial charge on any atom is 0.0355 e. The lowest BCUT2D eigenvalue weighted by molar-refractivity contribution is 0.177. The van der Waals surface area contributed by atoms with Gasteiger partial charge in [-0.25, -0.2) is 0 Å². The van der Waals surface area contributed by atoms with Gasteiger partial charge in [0.05, 0.1) is 0 Å². The Labute approximate surface area is 131 Å². The Morgan fingerprint density at radius 2 is 1.38 bits per heavy atom. The molecule has 0 aliphatic heterocycles. The number of nitrogens with one attached hydrogen (secondary N) is 1. The quantitative estimate of drug-likeness (QED) is 0.733. The molecule has 2 heteroatoms. The van der Waals surface area contributed by atoms with Gasteiger partial charge in [-0.05, 0) is 30.4 Å². The molecule has 0 aromatic heterocycles. The monoisotopic (exact) mass is 290 g/mol. The number of benzene rings is 1. The van der Waals surface area contributed by atoms with E-state index < -0.39 is 0 Å². The van der Waals surface area contributed by atoms with Crippen LogP contribution in [0.15, 0.2) is 30.3 Å². The van der Waals surface area contributed by atoms with E-state index in [9.17, 15) is 0 Å². The van der Waals surface area contributed by atoms with Crippen molar-refractivity contribution in [1.29, 1.82) is 0 Å². The molecule has 0 spiro atoms. The summed E-state index contributed by atoms with van der Waals surface area (Å²) in [6.07, 6.45) is 0. The zero-order valence-corrected chi connectivity index (χ0v) is 14.8. The molecule has 2 unspecified atom stereocenters. The molecule has 1 aromatic rings. The van der Waals surface area contributed by atoms with Gasteiger partial charge in [0.1, 0.15) is 0 Å². The van der Waals surface area contributed by atoms with Crippen LogP contribution in [-0.4, -0.2) is 31.6 Å². The van der Waals surface area contributed by atoms with Crippen molar-refractivity contribution in [2.45, 2.75) is 40.7 Å². The van der Waals surface area contributed by atoms with Crippen molar-refractivity contribution < 1.29 is 0 Å². The van der Waals surface area contributed by atoms with E-state index in [1.807, 2.05) is 0 Å². The van der Waals surface area contributed by atoms with Crippen molar-refractivity contribution in [2.24, 2.45) is 17.8 Å². The van der Waals surface area contributed by atoms with Crippen molar-refractivity contribution in [3.8, 4) is 0 Å². The van der Waals surface area contributed by atoms with Gasteiger partial charge in [0.25, 0.3) is 0 Å². The van der Waals surface area contributed by atoms with Gasteiger partial charge in [-0.2, -0.15) is 0 Å². The molecule has 0 aliphatic carbocycles. The van der Waals surface area contributed by atoms with E-state index in [4.69, 9.17) is 0 Å². The molecule has 21 heavy (non-hydrogen) atoms. The predicted molar refractivity (Wildman–Crippen MR) is 93.5 cm³/mol. The van der Waals surface area contributed by atoms with Crippen LogP contribution in [-0.2, 0) is 0 Å². The van der Waals surface area contributed by atoms with Crippen molar-refractivity contribution in [1.82, 2.24) is 10.2 Å². The van der Waals surface area contributed by atoms with E-state index in [1.165, 1.54) is 18.7 Å². The summed E-state index contributed by atoms with van der Waals surface area (Å²) in [5.74, 6) is 2.04. The molecular formula is C19H34N2. The fourth-order valence-electron chi connectivity index (χ4n) is 3.21. The number of hydrogen-bond donors (Lipinski definition) is 1. The van der Waals surface area contributed by atoms with E-state index >= 15 is 0 Å². The van der Waals surface area contributed by atoms with Gasteiger partial charge < -0.3 is 10.2 Å². The number of hydrogen-bond acceptors (Lipinski definition) is 2. The highest BCUT2D eigenvalue weighted by Crippen LogP contribution is 2.23. The van der Waals surface area contributed by atoms with Crippen molar-refractivity contribution in [3.63, 3.8) is 0 Å². The summed E-state index contributed by atoms with van der Waals surface area (Å²) in [4.78, 5) is 2.63. The van der Waals surface area contributed by atoms with E-state index in [0.717, 1.165) is 18.4 Å². The standard InChI is InChI=1S/C19H34N2/c1-15(2)12-21(13-16(3)4)14-17(5)19(20-6)18-10-8-7-9-11-18/h7-11,15-17,19-20H,12-14H2,1-6H3. The lowest BCUT2D eigenvalue weighted by atomic mass is 9.93. The van der Waals surface area contributed by atoms with E-state index in [0.29, 0.717) is 12.0 Å². The Balaban J connectivity index is 2.71. The van der Waals surface area contributed by atoms with Gasteiger partial charge in [-0.3, -0.25) is 0 Å². The molecule has 1 aromatic carbocycles. The zero-order chi connectivity index (χ0) is 15.8. The molecule has 0 bridgehead atoms. The van der Waals surface area contributed by atoms with E-state index in [1.54, 1.807) is 0 Å². The van der Waals surface area contributed by atoms with Crippen LogP contribution in [0.4, 0.5) is 0 Å². The second-order valence-electron chi connectivity index (χ2n) is 7.16. The summed E-state index contributed by atoms with van der Waals surface area (Å²) in [5.41, 5.74) is 1.39. The molecule has 0 radical (unpaired) electrons. The SMILES string of the molecule is CNC(c1ccccc1)C(C)CN(CC(C)C)CC(C)C. The van der Waals surface area contributed by atoms with Gasteiger partial charge in [0.15, 0.2) is 0 Å². The van der Waals surface area contributed by atoms with Crippen LogP contribution in [0.5, 0.6) is 0 Å². The number of rotatable bonds is 9. The van der Waals surface area contributed by atoms with Crippen LogP contribution in [0.3, 0.4) is 0 Å². The van der Waals surface area contributed by atoms with Gasteiger partial charge in [0, 0.05) is 25.7 Å². The van der Waals surface area contributed by atoms with Crippen LogP contribution >= 0.6 is 0 Å². The first-order valence-electron chi connectivity index (χ1n) is 8.38. The Bertz CT molecular complexity index is 362. The molecule has 0 heterocycles. The molecule has 0 amide bonds. The minimum Gasteiger partial charge on any atom is -0.313 e. The topological polar surface area (TPSA) is 15.3 Å². The molecule has 120 valence electrons. The van der Waals surface area contributed by atoms with Crippen LogP contribution in [0.2, 0.25) is 0 Å². The molecule has 2 nitrogen and oxygen atoms in total. The highest BCUT2D eigenvalue weighted by atomic mass is 15.1. The van der Waals surface area contributed by atoms with Crippen LogP contribution in [0.25, 0.3) is 0 Å². The lowest BCUT2D eigenvalue weighted by Gasteiger charge is -2.32. The van der Waals surface area contributed by atoms with Crippen LogP contribution < -0.4 is 5.32 Å². The Morgan fingerprint density at radius 1 is 0.857 bits per heavy atom. The molecule has 1 rings (SSSR count). The van der Waals surface area contributed by atoms with Gasteiger partial charge in [-0.15, -0.1) is 0 Å². The summed E-state index contributed by atoms with van der Waals surface area (Å²) < 4.78 is 0. The van der Waals surface area contributed by atoms with Crippen LogP contribution in [0, 0.1) is 17.8 Å². The molecule has 1 N–H and O–H groups in total. The first-order valence-corrected chi connectivity index (χ1v) is 8.38. The zero-order valence-electron chi connectivity index (χ0n) is 14.8. The number of nitrogens with zero attached hydrogens (tertiary/aromatic N) is 1. The first kappa shape index (κ1) is 18.2. The molecule has 0 fully saturated rings. The lowest BCUT2D eigenvalue weighted by Crippen LogP contribution is -2.38. The van der Waals surface area contributed by atoms with E-state index in [-0.39, 0.29) is 0 Å². The molecular weight excluding hydrogens is 256 g/mol. The van der Waals surface area contributed by atoms with Gasteiger partial charge >= 0.3 is 0 Å². The second kappa shape index (κ2) is 9.22. The normalized spacial score (nSPS) is 14.9. The average molecular weight is 290 g/mol. The summed E-state index contributed by atoms with van der Waals surface area (Å²) in [5, 5.41) is 3.50. The minimum absolute atomic E-state index is 0.424. The van der Waals surface area contributed by atoms with Crippen LogP contribution in [0.1, 0.15) is 46.2 Å². The van der Waals surface area contributed by atoms with Crippen molar-refractivity contribution in [3.05, 3.63) is 35.9 Å². The molecule has 0 aliphatic rings. The molecule has 0 saturated heterocycles. The van der Waals surface area contributed by atoms with Crippen molar-refractivity contribution in [2.75, 3.05) is 26.7 Å². The predicted octanol–water partition coefficient (Wildman–Crippen LogP) is 4.20. The summed E-state index contributed by atoms with van der Waals surface area (Å²) in [6, 6.07) is 11.2. The third kappa shape index (κ3) is 6.62. The fraction of sp³-hybridized carbons (Fsp3) is 0.684. The third-order valence-corrected chi connectivity index (χ3v) is 3.83. The largest absolute Gasteiger partial charge is 0.313 e. The van der Waals surface area contributed by atoms with Gasteiger partial charge in [-0.1, -0.05) is 65.0 Å². The Hall–Kier alpha value is -0.860. The maximum atomic E-state index is 3.50. The smallest absolute Gasteiger partial charge is 0.0355 e. The Kier molecular flexibility index (Phi) is 7.98. The van der Waals surface area contributed by atoms with Gasteiger partial charge in [0.2, 0.25) is 0 Å². The molecule has 2 atom stereocenters. The first-order chi connectivity index (χ1) is 9.93. The highest BCUT2D eigenvalue weighted by molar-refractivity contribution is 5.19. The van der Waals surface area contributed by atoms with E-state index in [2.05, 4.69) is 82.2 Å². The molecule has 0 saturated carbocycles. The summed E-state index contributed by atoms with van der Waals surface area (Å²) in [6.45, 7) is 15.1. The summed E-state index contributed by atoms with van der Waals surface area (Å²) in [7, 11) is 2.07. The highest BCUT2D eigenvalue weighted by Gasteiger charge is 2.21. The minimum atomic E-state index is 0.424. The fourth-order valence-corrected chi connectivity index (χ4v) is 3.21. The third-order valence-electron chi connectivity index (χ3n) is 3.83. The second-order valence-corrected chi connectivity index (χ2v) is 7.16. The maximum absolute atomic E-state index is 3.50. The Morgan fingerprint density at radius 3 is 1.81 bits per heavy atom. The average Bonchev–Trinajstić information content (AvgIpc) is 2.39.